The standard InChI is InChI=1S/C20H23ClN6O4/c1-19(2,3)30-17(28)27(18(29)31-20(4,5)6)16-24-15-8-7-12(11-26(15)25-16)13-9-22-10-14(21)23-13/h7-11H,1-6H3. The average Bonchev–Trinajstić information content (AvgIpc) is 3.00. The minimum absolute atomic E-state index is 0.183. The lowest BCUT2D eigenvalue weighted by atomic mass is 10.2. The lowest BCUT2D eigenvalue weighted by Crippen LogP contribution is -2.44. The largest absolute Gasteiger partial charge is 0.443 e. The van der Waals surface area contributed by atoms with Crippen molar-refractivity contribution < 1.29 is 19.1 Å². The van der Waals surface area contributed by atoms with E-state index in [1.54, 1.807) is 66.1 Å². The number of pyridine rings is 1. The van der Waals surface area contributed by atoms with Crippen LogP contribution in [0.25, 0.3) is 16.9 Å². The van der Waals surface area contributed by atoms with E-state index in [1.807, 2.05) is 0 Å². The molecule has 0 unspecified atom stereocenters. The van der Waals surface area contributed by atoms with Gasteiger partial charge in [0, 0.05) is 11.8 Å². The highest BCUT2D eigenvalue weighted by Crippen LogP contribution is 2.22. The van der Waals surface area contributed by atoms with Crippen molar-refractivity contribution in [3.63, 3.8) is 0 Å². The summed E-state index contributed by atoms with van der Waals surface area (Å²) < 4.78 is 12.1. The van der Waals surface area contributed by atoms with Crippen LogP contribution < -0.4 is 4.90 Å². The fourth-order valence-electron chi connectivity index (χ4n) is 2.45. The molecule has 0 atom stereocenters. The third-order valence-corrected chi connectivity index (χ3v) is 3.75. The van der Waals surface area contributed by atoms with E-state index >= 15 is 0 Å². The van der Waals surface area contributed by atoms with Crippen molar-refractivity contribution in [1.82, 2.24) is 24.6 Å². The summed E-state index contributed by atoms with van der Waals surface area (Å²) in [6.45, 7) is 10.1. The summed E-state index contributed by atoms with van der Waals surface area (Å²) in [4.78, 5) is 38.7. The molecule has 10 nitrogen and oxygen atoms in total. The number of anilines is 1. The van der Waals surface area contributed by atoms with Crippen LogP contribution in [0.4, 0.5) is 15.5 Å². The van der Waals surface area contributed by atoms with Crippen LogP contribution in [-0.4, -0.2) is 48.0 Å². The number of hydrogen-bond donors (Lipinski definition) is 0. The lowest BCUT2D eigenvalue weighted by Gasteiger charge is -2.26. The van der Waals surface area contributed by atoms with Gasteiger partial charge in [0.05, 0.1) is 18.1 Å². The van der Waals surface area contributed by atoms with Crippen LogP contribution in [0.15, 0.2) is 30.7 Å². The molecule has 3 heterocycles. The number of ether oxygens (including phenoxy) is 2. The summed E-state index contributed by atoms with van der Waals surface area (Å²) in [6, 6.07) is 3.41. The molecule has 0 fully saturated rings. The fraction of sp³-hybridized carbons (Fsp3) is 0.400. The molecular weight excluding hydrogens is 424 g/mol. The van der Waals surface area contributed by atoms with Crippen molar-refractivity contribution in [3.05, 3.63) is 35.9 Å². The number of imide groups is 1. The lowest BCUT2D eigenvalue weighted by molar-refractivity contribution is 0.0427. The maximum Gasteiger partial charge on any atom is 0.427 e. The Hall–Kier alpha value is -3.27. The molecule has 0 aliphatic rings. The van der Waals surface area contributed by atoms with Crippen LogP contribution in [0.1, 0.15) is 41.5 Å². The van der Waals surface area contributed by atoms with Gasteiger partial charge in [-0.05, 0) is 53.7 Å². The molecular formula is C20H23ClN6O4. The van der Waals surface area contributed by atoms with E-state index in [0.29, 0.717) is 21.8 Å². The van der Waals surface area contributed by atoms with Crippen molar-refractivity contribution in [3.8, 4) is 11.3 Å². The number of hydrogen-bond acceptors (Lipinski definition) is 8. The molecule has 3 aromatic rings. The highest BCUT2D eigenvalue weighted by atomic mass is 35.5. The Kier molecular flexibility index (Phi) is 5.86. The Balaban J connectivity index is 2.02. The van der Waals surface area contributed by atoms with Gasteiger partial charge in [0.1, 0.15) is 16.4 Å². The summed E-state index contributed by atoms with van der Waals surface area (Å²) in [5.41, 5.74) is -0.0856. The number of carbonyl (C=O) groups is 2. The summed E-state index contributed by atoms with van der Waals surface area (Å²) in [6.07, 6.45) is 2.72. The van der Waals surface area contributed by atoms with Gasteiger partial charge in [0.2, 0.25) is 0 Å². The Labute approximate surface area is 184 Å². The summed E-state index contributed by atoms with van der Waals surface area (Å²) >= 11 is 5.92. The van der Waals surface area contributed by atoms with E-state index in [9.17, 15) is 9.59 Å². The molecule has 0 aliphatic heterocycles. The van der Waals surface area contributed by atoms with E-state index in [0.717, 1.165) is 0 Å². The fourth-order valence-corrected chi connectivity index (χ4v) is 2.60. The van der Waals surface area contributed by atoms with Gasteiger partial charge in [-0.2, -0.15) is 4.98 Å². The molecule has 2 amide bonds. The predicted octanol–water partition coefficient (Wildman–Crippen LogP) is 4.52. The van der Waals surface area contributed by atoms with Crippen LogP contribution in [0.5, 0.6) is 0 Å². The third-order valence-electron chi connectivity index (χ3n) is 3.57. The smallest absolute Gasteiger partial charge is 0.427 e. The van der Waals surface area contributed by atoms with Gasteiger partial charge in [-0.3, -0.25) is 4.98 Å². The predicted molar refractivity (Wildman–Crippen MR) is 114 cm³/mol. The van der Waals surface area contributed by atoms with E-state index in [-0.39, 0.29) is 11.1 Å². The number of carbonyl (C=O) groups excluding carboxylic acids is 2. The van der Waals surface area contributed by atoms with Gasteiger partial charge in [-0.15, -0.1) is 10.00 Å². The molecule has 0 spiro atoms. The second-order valence-corrected chi connectivity index (χ2v) is 9.04. The van der Waals surface area contributed by atoms with Crippen molar-refractivity contribution in [2.24, 2.45) is 0 Å². The SMILES string of the molecule is CC(C)(C)OC(=O)N(C(=O)OC(C)(C)C)c1nc2ccc(-c3cncc(Cl)n3)cn2n1. The first-order valence-electron chi connectivity index (χ1n) is 9.43. The molecule has 3 aromatic heterocycles. The van der Waals surface area contributed by atoms with Crippen molar-refractivity contribution in [1.29, 1.82) is 0 Å². The molecule has 0 radical (unpaired) electrons. The van der Waals surface area contributed by atoms with E-state index < -0.39 is 23.4 Å². The average molecular weight is 447 g/mol. The molecule has 0 aliphatic carbocycles. The third kappa shape index (κ3) is 5.66. The highest BCUT2D eigenvalue weighted by Gasteiger charge is 2.35. The summed E-state index contributed by atoms with van der Waals surface area (Å²) in [5.74, 6) is -0.183. The van der Waals surface area contributed by atoms with Crippen LogP contribution >= 0.6 is 11.6 Å². The Bertz CT molecular complexity index is 1100. The van der Waals surface area contributed by atoms with Gasteiger partial charge in [-0.25, -0.2) is 19.1 Å². The van der Waals surface area contributed by atoms with Gasteiger partial charge in [0.15, 0.2) is 5.65 Å². The zero-order valence-corrected chi connectivity index (χ0v) is 18.8. The quantitative estimate of drug-likeness (QED) is 0.564. The van der Waals surface area contributed by atoms with Gasteiger partial charge < -0.3 is 9.47 Å². The van der Waals surface area contributed by atoms with Crippen LogP contribution in [0.3, 0.4) is 0 Å². The van der Waals surface area contributed by atoms with Crippen LogP contribution in [0, 0.1) is 0 Å². The van der Waals surface area contributed by atoms with Crippen LogP contribution in [-0.2, 0) is 9.47 Å². The number of fused-ring (bicyclic) bond motifs is 1. The topological polar surface area (TPSA) is 112 Å². The normalized spacial score (nSPS) is 12.0. The molecule has 0 N–H and O–H groups in total. The minimum Gasteiger partial charge on any atom is -0.443 e. The van der Waals surface area contributed by atoms with E-state index in [4.69, 9.17) is 21.1 Å². The maximum atomic E-state index is 12.8. The molecule has 31 heavy (non-hydrogen) atoms. The molecule has 3 rings (SSSR count). The van der Waals surface area contributed by atoms with Gasteiger partial charge in [-0.1, -0.05) is 11.6 Å². The molecule has 0 saturated carbocycles. The maximum absolute atomic E-state index is 12.8. The zero-order chi connectivity index (χ0) is 23.0. The Morgan fingerprint density at radius 1 is 0.968 bits per heavy atom. The molecule has 164 valence electrons. The number of nitrogens with zero attached hydrogens (tertiary/aromatic N) is 6. The summed E-state index contributed by atoms with van der Waals surface area (Å²) in [7, 11) is 0. The van der Waals surface area contributed by atoms with E-state index in [1.165, 1.54) is 10.7 Å². The second-order valence-electron chi connectivity index (χ2n) is 8.66. The number of halogens is 1. The molecule has 11 heteroatoms. The summed E-state index contributed by atoms with van der Waals surface area (Å²) in [5, 5.41) is 4.52. The molecule has 0 bridgehead atoms. The first-order valence-corrected chi connectivity index (χ1v) is 9.81. The van der Waals surface area contributed by atoms with E-state index in [2.05, 4.69) is 20.1 Å². The first kappa shape index (κ1) is 22.4. The Morgan fingerprint density at radius 2 is 1.58 bits per heavy atom. The second kappa shape index (κ2) is 8.10. The van der Waals surface area contributed by atoms with Crippen molar-refractivity contribution in [2.75, 3.05) is 4.90 Å². The number of rotatable bonds is 2. The monoisotopic (exact) mass is 446 g/mol. The highest BCUT2D eigenvalue weighted by molar-refractivity contribution is 6.29. The number of aromatic nitrogens is 5. The van der Waals surface area contributed by atoms with Crippen molar-refractivity contribution >= 4 is 35.4 Å². The van der Waals surface area contributed by atoms with Crippen LogP contribution in [0.2, 0.25) is 5.15 Å². The molecule has 0 aromatic carbocycles. The molecule has 0 saturated heterocycles. The Morgan fingerprint density at radius 3 is 2.13 bits per heavy atom. The first-order chi connectivity index (χ1) is 14.3. The van der Waals surface area contributed by atoms with Gasteiger partial charge >= 0.3 is 12.2 Å². The minimum atomic E-state index is -0.946. The zero-order valence-electron chi connectivity index (χ0n) is 18.1. The van der Waals surface area contributed by atoms with Crippen molar-refractivity contribution in [2.45, 2.75) is 52.7 Å². The van der Waals surface area contributed by atoms with Gasteiger partial charge in [0.25, 0.3) is 5.95 Å². The number of amides is 2.